The van der Waals surface area contributed by atoms with Crippen molar-refractivity contribution in [3.63, 3.8) is 0 Å². The van der Waals surface area contributed by atoms with Gasteiger partial charge in [0.15, 0.2) is 5.96 Å². The molecular formula is C18H22F3N3O2. The van der Waals surface area contributed by atoms with Crippen LogP contribution in [0.3, 0.4) is 0 Å². The first-order valence-electron chi connectivity index (χ1n) is 8.20. The minimum Gasteiger partial charge on any atom is -0.467 e. The van der Waals surface area contributed by atoms with E-state index >= 15 is 0 Å². The summed E-state index contributed by atoms with van der Waals surface area (Å²) in [4.78, 5) is 4.08. The number of hydrogen-bond acceptors (Lipinski definition) is 3. The fourth-order valence-corrected chi connectivity index (χ4v) is 2.17. The summed E-state index contributed by atoms with van der Waals surface area (Å²) < 4.78 is 48.2. The van der Waals surface area contributed by atoms with Crippen LogP contribution in [0.5, 0.6) is 0 Å². The van der Waals surface area contributed by atoms with E-state index in [0.717, 1.165) is 29.9 Å². The molecule has 0 aliphatic heterocycles. The molecule has 0 radical (unpaired) electrons. The number of rotatable bonds is 8. The third-order valence-electron chi connectivity index (χ3n) is 3.55. The molecule has 8 heteroatoms. The Hall–Kier alpha value is -2.48. The van der Waals surface area contributed by atoms with Crippen molar-refractivity contribution in [2.45, 2.75) is 25.7 Å². The molecule has 1 aromatic carbocycles. The first-order chi connectivity index (χ1) is 12.5. The van der Waals surface area contributed by atoms with E-state index in [9.17, 15) is 13.2 Å². The lowest BCUT2D eigenvalue weighted by Crippen LogP contribution is -2.37. The maximum Gasteiger partial charge on any atom is 0.416 e. The van der Waals surface area contributed by atoms with Gasteiger partial charge in [-0.1, -0.05) is 12.1 Å². The number of guanidine groups is 1. The largest absolute Gasteiger partial charge is 0.467 e. The fraction of sp³-hybridized carbons (Fsp3) is 0.389. The normalized spacial score (nSPS) is 12.2. The summed E-state index contributed by atoms with van der Waals surface area (Å²) in [5, 5.41) is 6.18. The monoisotopic (exact) mass is 369 g/mol. The van der Waals surface area contributed by atoms with Gasteiger partial charge >= 0.3 is 6.18 Å². The molecule has 2 aromatic rings. The highest BCUT2D eigenvalue weighted by atomic mass is 19.4. The van der Waals surface area contributed by atoms with Gasteiger partial charge in [-0.2, -0.15) is 13.2 Å². The number of halogens is 3. The van der Waals surface area contributed by atoms with Gasteiger partial charge in [-0.25, -0.2) is 0 Å². The van der Waals surface area contributed by atoms with Crippen LogP contribution in [0.1, 0.15) is 23.3 Å². The summed E-state index contributed by atoms with van der Waals surface area (Å²) in [5.41, 5.74) is 0.0843. The van der Waals surface area contributed by atoms with Crippen LogP contribution in [0.15, 0.2) is 52.1 Å². The first-order valence-corrected chi connectivity index (χ1v) is 8.20. The summed E-state index contributed by atoms with van der Waals surface area (Å²) in [6, 6.07) is 8.71. The third-order valence-corrected chi connectivity index (χ3v) is 3.55. The highest BCUT2D eigenvalue weighted by Gasteiger charge is 2.29. The highest BCUT2D eigenvalue weighted by molar-refractivity contribution is 5.79. The van der Waals surface area contributed by atoms with Crippen LogP contribution in [0.4, 0.5) is 13.2 Å². The minimum absolute atomic E-state index is 0.382. The van der Waals surface area contributed by atoms with Gasteiger partial charge in [-0.15, -0.1) is 0 Å². The van der Waals surface area contributed by atoms with Crippen molar-refractivity contribution < 1.29 is 22.3 Å². The Morgan fingerprint density at radius 2 is 1.92 bits per heavy atom. The second-order valence-electron chi connectivity index (χ2n) is 5.53. The van der Waals surface area contributed by atoms with Gasteiger partial charge in [0, 0.05) is 26.7 Å². The Morgan fingerprint density at radius 1 is 1.15 bits per heavy atom. The van der Waals surface area contributed by atoms with E-state index in [1.165, 1.54) is 12.1 Å². The molecule has 0 atom stereocenters. The Morgan fingerprint density at radius 3 is 2.54 bits per heavy atom. The molecule has 1 aromatic heterocycles. The van der Waals surface area contributed by atoms with Crippen molar-refractivity contribution in [1.82, 2.24) is 10.6 Å². The van der Waals surface area contributed by atoms with Crippen molar-refractivity contribution in [3.05, 3.63) is 59.5 Å². The number of nitrogens with one attached hydrogen (secondary N) is 2. The molecule has 2 N–H and O–H groups in total. The molecule has 26 heavy (non-hydrogen) atoms. The van der Waals surface area contributed by atoms with E-state index in [4.69, 9.17) is 9.15 Å². The van der Waals surface area contributed by atoms with Crippen LogP contribution in [-0.4, -0.2) is 26.2 Å². The van der Waals surface area contributed by atoms with Crippen molar-refractivity contribution in [3.8, 4) is 0 Å². The van der Waals surface area contributed by atoms with Gasteiger partial charge in [0.25, 0.3) is 0 Å². The Kier molecular flexibility index (Phi) is 7.53. The number of nitrogens with zero attached hydrogens (tertiary/aromatic N) is 1. The maximum atomic E-state index is 12.5. The van der Waals surface area contributed by atoms with Crippen LogP contribution >= 0.6 is 0 Å². The van der Waals surface area contributed by atoms with Crippen LogP contribution < -0.4 is 10.6 Å². The van der Waals surface area contributed by atoms with Gasteiger partial charge in [-0.05, 0) is 36.2 Å². The van der Waals surface area contributed by atoms with Crippen molar-refractivity contribution in [1.29, 1.82) is 0 Å². The van der Waals surface area contributed by atoms with E-state index in [2.05, 4.69) is 15.6 Å². The average Bonchev–Trinajstić information content (AvgIpc) is 3.13. The predicted molar refractivity (Wildman–Crippen MR) is 92.6 cm³/mol. The summed E-state index contributed by atoms with van der Waals surface area (Å²) >= 11 is 0. The van der Waals surface area contributed by atoms with Gasteiger partial charge < -0.3 is 19.8 Å². The number of benzene rings is 1. The molecule has 1 heterocycles. The van der Waals surface area contributed by atoms with Gasteiger partial charge in [-0.3, -0.25) is 4.99 Å². The molecule has 0 aliphatic rings. The fourth-order valence-electron chi connectivity index (χ4n) is 2.17. The number of aliphatic imine (C=N–C) groups is 1. The molecule has 2 rings (SSSR count). The SMILES string of the molecule is CN=C(NCCCOCc1ccco1)NCc1ccc(C(F)(F)F)cc1. The summed E-state index contributed by atoms with van der Waals surface area (Å²) in [5.74, 6) is 1.36. The van der Waals surface area contributed by atoms with E-state index in [0.29, 0.717) is 32.3 Å². The van der Waals surface area contributed by atoms with Crippen LogP contribution in [-0.2, 0) is 24.1 Å². The smallest absolute Gasteiger partial charge is 0.416 e. The van der Waals surface area contributed by atoms with Gasteiger partial charge in [0.2, 0.25) is 0 Å². The quantitative estimate of drug-likeness (QED) is 0.424. The standard InChI is InChI=1S/C18H22F3N3O2/c1-22-17(23-9-3-10-25-13-16-4-2-11-26-16)24-12-14-5-7-15(8-6-14)18(19,20)21/h2,4-8,11H,3,9-10,12-13H2,1H3,(H2,22,23,24). The second kappa shape index (κ2) is 9.86. The average molecular weight is 369 g/mol. The molecule has 0 fully saturated rings. The molecule has 0 unspecified atom stereocenters. The van der Waals surface area contributed by atoms with E-state index < -0.39 is 11.7 Å². The highest BCUT2D eigenvalue weighted by Crippen LogP contribution is 2.28. The van der Waals surface area contributed by atoms with E-state index in [1.807, 2.05) is 12.1 Å². The zero-order valence-corrected chi connectivity index (χ0v) is 14.5. The Labute approximate surface area is 150 Å². The molecule has 0 spiro atoms. The van der Waals surface area contributed by atoms with Crippen LogP contribution in [0, 0.1) is 0 Å². The Bertz CT molecular complexity index is 668. The molecule has 0 bridgehead atoms. The van der Waals surface area contributed by atoms with E-state index in [1.54, 1.807) is 13.3 Å². The maximum absolute atomic E-state index is 12.5. The molecule has 0 aliphatic carbocycles. The Balaban J connectivity index is 1.63. The first kappa shape index (κ1) is 19.8. The van der Waals surface area contributed by atoms with E-state index in [-0.39, 0.29) is 0 Å². The molecular weight excluding hydrogens is 347 g/mol. The summed E-state index contributed by atoms with van der Waals surface area (Å²) in [6.45, 7) is 2.05. The topological polar surface area (TPSA) is 58.8 Å². The molecule has 0 saturated carbocycles. The number of furan rings is 1. The lowest BCUT2D eigenvalue weighted by atomic mass is 10.1. The molecule has 142 valence electrons. The number of ether oxygens (including phenoxy) is 1. The summed E-state index contributed by atoms with van der Waals surface area (Å²) in [7, 11) is 1.63. The van der Waals surface area contributed by atoms with Crippen LogP contribution in [0.2, 0.25) is 0 Å². The third kappa shape index (κ3) is 6.79. The van der Waals surface area contributed by atoms with Crippen molar-refractivity contribution in [2.24, 2.45) is 4.99 Å². The second-order valence-corrected chi connectivity index (χ2v) is 5.53. The van der Waals surface area contributed by atoms with Gasteiger partial charge in [0.1, 0.15) is 12.4 Å². The number of alkyl halides is 3. The van der Waals surface area contributed by atoms with Crippen LogP contribution in [0.25, 0.3) is 0 Å². The zero-order valence-electron chi connectivity index (χ0n) is 14.5. The zero-order chi connectivity index (χ0) is 18.8. The van der Waals surface area contributed by atoms with Crippen molar-refractivity contribution >= 4 is 5.96 Å². The lowest BCUT2D eigenvalue weighted by Gasteiger charge is -2.12. The van der Waals surface area contributed by atoms with Gasteiger partial charge in [0.05, 0.1) is 11.8 Å². The lowest BCUT2D eigenvalue weighted by molar-refractivity contribution is -0.137. The minimum atomic E-state index is -4.32. The van der Waals surface area contributed by atoms with Crippen molar-refractivity contribution in [2.75, 3.05) is 20.2 Å². The predicted octanol–water partition coefficient (Wildman–Crippen LogP) is 3.57. The number of hydrogen-bond donors (Lipinski definition) is 2. The molecule has 5 nitrogen and oxygen atoms in total. The summed E-state index contributed by atoms with van der Waals surface area (Å²) in [6.07, 6.45) is -1.93. The molecule has 0 saturated heterocycles. The molecule has 0 amide bonds.